The second kappa shape index (κ2) is 10.8. The van der Waals surface area contributed by atoms with E-state index in [1.165, 1.54) is 5.01 Å². The Hall–Kier alpha value is -3.95. The third-order valence-electron chi connectivity index (χ3n) is 6.52. The summed E-state index contributed by atoms with van der Waals surface area (Å²) in [5.41, 5.74) is 1.50. The van der Waals surface area contributed by atoms with Gasteiger partial charge in [-0.25, -0.2) is 14.6 Å². The second-order valence-electron chi connectivity index (χ2n) is 9.00. The van der Waals surface area contributed by atoms with Crippen LogP contribution < -0.4 is 11.2 Å². The van der Waals surface area contributed by atoms with Gasteiger partial charge in [0.15, 0.2) is 6.61 Å². The molecule has 1 aromatic heterocycles. The van der Waals surface area contributed by atoms with Gasteiger partial charge in [0.25, 0.3) is 11.5 Å². The predicted octanol–water partition coefficient (Wildman–Crippen LogP) is 4.35. The molecule has 3 aromatic rings. The number of aromatic amines is 2. The van der Waals surface area contributed by atoms with Crippen LogP contribution in [0.25, 0.3) is 6.08 Å². The van der Waals surface area contributed by atoms with E-state index in [4.69, 9.17) is 33.0 Å². The normalized spacial score (nSPS) is 19.7. The maximum absolute atomic E-state index is 13.4. The van der Waals surface area contributed by atoms with Crippen molar-refractivity contribution in [3.63, 3.8) is 0 Å². The summed E-state index contributed by atoms with van der Waals surface area (Å²) >= 11 is 12.3. The van der Waals surface area contributed by atoms with Crippen LogP contribution in [0.4, 0.5) is 0 Å². The van der Waals surface area contributed by atoms with Gasteiger partial charge in [-0.15, -0.1) is 0 Å². The van der Waals surface area contributed by atoms with Crippen LogP contribution in [0.15, 0.2) is 75.0 Å². The molecule has 1 aliphatic carbocycles. The van der Waals surface area contributed by atoms with Crippen molar-refractivity contribution in [1.82, 2.24) is 15.0 Å². The average molecular weight is 553 g/mol. The molecule has 0 saturated heterocycles. The van der Waals surface area contributed by atoms with Crippen molar-refractivity contribution in [2.75, 3.05) is 6.61 Å². The van der Waals surface area contributed by atoms with Crippen LogP contribution in [-0.4, -0.2) is 39.2 Å². The lowest BCUT2D eigenvalue weighted by atomic mass is 9.77. The van der Waals surface area contributed by atoms with E-state index in [1.54, 1.807) is 18.2 Å². The summed E-state index contributed by atoms with van der Waals surface area (Å²) in [4.78, 5) is 53.1. The Balaban J connectivity index is 1.45. The van der Waals surface area contributed by atoms with E-state index in [0.717, 1.165) is 47.9 Å². The van der Waals surface area contributed by atoms with Crippen molar-refractivity contribution in [2.24, 2.45) is 11.0 Å². The number of hydrazone groups is 1. The number of hydrogen-bond acceptors (Lipinski definition) is 6. The monoisotopic (exact) mass is 552 g/mol. The fraction of sp³-hybridized carbons (Fsp3) is 0.222. The molecule has 5 rings (SSSR count). The van der Waals surface area contributed by atoms with Crippen molar-refractivity contribution < 1.29 is 14.3 Å². The van der Waals surface area contributed by atoms with Crippen molar-refractivity contribution in [3.8, 4) is 0 Å². The van der Waals surface area contributed by atoms with Gasteiger partial charge >= 0.3 is 11.7 Å². The SMILES string of the molecule is O=C(OCC(=O)N1N=C2C(=Cc3cccc(Cl)c3)CCCC2C1c1ccc(Cl)cc1)c1c[nH]c(=O)[nH]c1=O. The maximum Gasteiger partial charge on any atom is 0.345 e. The molecule has 194 valence electrons. The molecule has 1 fully saturated rings. The Bertz CT molecular complexity index is 1580. The first-order chi connectivity index (χ1) is 18.3. The molecule has 2 heterocycles. The molecule has 1 amide bonds. The summed E-state index contributed by atoms with van der Waals surface area (Å²) in [6, 6.07) is 14.3. The van der Waals surface area contributed by atoms with Crippen LogP contribution in [0, 0.1) is 5.92 Å². The lowest BCUT2D eigenvalue weighted by molar-refractivity contribution is -0.137. The summed E-state index contributed by atoms with van der Waals surface area (Å²) < 4.78 is 5.12. The maximum atomic E-state index is 13.4. The summed E-state index contributed by atoms with van der Waals surface area (Å²) in [6.45, 7) is -0.641. The number of allylic oxidation sites excluding steroid dienone is 1. The van der Waals surface area contributed by atoms with Gasteiger partial charge < -0.3 is 9.72 Å². The molecule has 0 radical (unpaired) electrons. The van der Waals surface area contributed by atoms with Crippen molar-refractivity contribution >= 4 is 46.9 Å². The summed E-state index contributed by atoms with van der Waals surface area (Å²) in [5, 5.41) is 7.27. The first kappa shape index (κ1) is 25.7. The van der Waals surface area contributed by atoms with Crippen LogP contribution in [-0.2, 0) is 9.53 Å². The summed E-state index contributed by atoms with van der Waals surface area (Å²) in [7, 11) is 0. The minimum atomic E-state index is -1.04. The van der Waals surface area contributed by atoms with Gasteiger partial charge in [-0.2, -0.15) is 5.10 Å². The molecule has 1 aliphatic heterocycles. The lowest BCUT2D eigenvalue weighted by Crippen LogP contribution is -2.35. The molecule has 2 N–H and O–H groups in total. The molecule has 38 heavy (non-hydrogen) atoms. The Morgan fingerprint density at radius 3 is 2.63 bits per heavy atom. The Morgan fingerprint density at radius 1 is 1.11 bits per heavy atom. The van der Waals surface area contributed by atoms with E-state index in [1.807, 2.05) is 41.4 Å². The number of H-pyrrole nitrogens is 2. The summed E-state index contributed by atoms with van der Waals surface area (Å²) in [6.07, 6.45) is 5.50. The molecule has 2 aromatic carbocycles. The topological polar surface area (TPSA) is 125 Å². The molecule has 0 bridgehead atoms. The molecule has 1 saturated carbocycles. The number of carbonyl (C=O) groups excluding carboxylic acids is 2. The third kappa shape index (κ3) is 5.34. The highest BCUT2D eigenvalue weighted by molar-refractivity contribution is 6.31. The van der Waals surface area contributed by atoms with Gasteiger partial charge in [-0.05, 0) is 66.3 Å². The molecule has 9 nitrogen and oxygen atoms in total. The number of nitrogens with one attached hydrogen (secondary N) is 2. The fourth-order valence-corrected chi connectivity index (χ4v) is 5.16. The largest absolute Gasteiger partial charge is 0.452 e. The standard InChI is InChI=1S/C27H22Cl2N4O5/c28-18-9-7-16(8-10-18)24-20-6-2-4-17(11-15-3-1-5-19(29)12-15)23(20)32-33(24)22(34)14-38-26(36)21-13-30-27(37)31-25(21)35/h1,3,5,7-13,20,24H,2,4,6,14H2,(H2,30,31,35,37). The number of esters is 1. The highest BCUT2D eigenvalue weighted by Gasteiger charge is 2.43. The van der Waals surface area contributed by atoms with Crippen LogP contribution >= 0.6 is 23.2 Å². The minimum Gasteiger partial charge on any atom is -0.452 e. The quantitative estimate of drug-likeness (QED) is 0.455. The molecule has 2 atom stereocenters. The first-order valence-electron chi connectivity index (χ1n) is 11.9. The lowest BCUT2D eigenvalue weighted by Gasteiger charge is -2.29. The molecule has 2 unspecified atom stereocenters. The van der Waals surface area contributed by atoms with Crippen LogP contribution in [0.2, 0.25) is 10.0 Å². The average Bonchev–Trinajstić information content (AvgIpc) is 3.28. The zero-order valence-electron chi connectivity index (χ0n) is 19.9. The minimum absolute atomic E-state index is 0.0722. The number of carbonyl (C=O) groups is 2. The molecule has 2 aliphatic rings. The van der Waals surface area contributed by atoms with Gasteiger partial charge in [0.05, 0.1) is 11.8 Å². The van der Waals surface area contributed by atoms with E-state index in [0.29, 0.717) is 10.0 Å². The van der Waals surface area contributed by atoms with Crippen LogP contribution in [0.3, 0.4) is 0 Å². The first-order valence-corrected chi connectivity index (χ1v) is 12.7. The highest BCUT2D eigenvalue weighted by Crippen LogP contribution is 2.44. The van der Waals surface area contributed by atoms with Crippen molar-refractivity contribution in [3.05, 3.63) is 108 Å². The number of nitrogens with zero attached hydrogens (tertiary/aromatic N) is 2. The van der Waals surface area contributed by atoms with Gasteiger partial charge in [-0.1, -0.05) is 47.5 Å². The number of rotatable bonds is 5. The molecular weight excluding hydrogens is 531 g/mol. The number of fused-ring (bicyclic) bond motifs is 1. The predicted molar refractivity (Wildman–Crippen MR) is 143 cm³/mol. The van der Waals surface area contributed by atoms with Crippen LogP contribution in [0.5, 0.6) is 0 Å². The van der Waals surface area contributed by atoms with Gasteiger partial charge in [0, 0.05) is 22.2 Å². The van der Waals surface area contributed by atoms with Gasteiger partial charge in [-0.3, -0.25) is 14.6 Å². The van der Waals surface area contributed by atoms with Gasteiger partial charge in [0.2, 0.25) is 0 Å². The molecule has 11 heteroatoms. The van der Waals surface area contributed by atoms with E-state index in [9.17, 15) is 19.2 Å². The highest BCUT2D eigenvalue weighted by atomic mass is 35.5. The Morgan fingerprint density at radius 2 is 1.89 bits per heavy atom. The fourth-order valence-electron chi connectivity index (χ4n) is 4.83. The zero-order valence-corrected chi connectivity index (χ0v) is 21.5. The zero-order chi connectivity index (χ0) is 26.8. The number of amides is 1. The Labute approximate surface area is 226 Å². The third-order valence-corrected chi connectivity index (χ3v) is 7.01. The van der Waals surface area contributed by atoms with E-state index < -0.39 is 41.3 Å². The van der Waals surface area contributed by atoms with Crippen molar-refractivity contribution in [1.29, 1.82) is 0 Å². The summed E-state index contributed by atoms with van der Waals surface area (Å²) in [5.74, 6) is -1.66. The smallest absolute Gasteiger partial charge is 0.345 e. The second-order valence-corrected chi connectivity index (χ2v) is 9.88. The van der Waals surface area contributed by atoms with E-state index in [-0.39, 0.29) is 5.92 Å². The van der Waals surface area contributed by atoms with E-state index >= 15 is 0 Å². The molecule has 0 spiro atoms. The number of ether oxygens (including phenoxy) is 1. The number of hydrogen-bond donors (Lipinski definition) is 2. The van der Waals surface area contributed by atoms with Crippen LogP contribution in [0.1, 0.15) is 46.8 Å². The number of halogens is 2. The van der Waals surface area contributed by atoms with Gasteiger partial charge in [0.1, 0.15) is 5.56 Å². The number of aromatic nitrogens is 2. The van der Waals surface area contributed by atoms with Crippen molar-refractivity contribution in [2.45, 2.75) is 25.3 Å². The van der Waals surface area contributed by atoms with E-state index in [2.05, 4.69) is 4.98 Å². The number of benzene rings is 2. The molecular formula is C27H22Cl2N4O5. The Kier molecular flexibility index (Phi) is 7.31.